The van der Waals surface area contributed by atoms with Crippen molar-refractivity contribution in [2.24, 2.45) is 0 Å². The van der Waals surface area contributed by atoms with Gasteiger partial charge in [0.2, 0.25) is 11.8 Å². The highest BCUT2D eigenvalue weighted by molar-refractivity contribution is 7.92. The molecule has 1 aliphatic carbocycles. The largest absolute Gasteiger partial charge is 0.352 e. The van der Waals surface area contributed by atoms with Gasteiger partial charge in [-0.25, -0.2) is 8.42 Å². The van der Waals surface area contributed by atoms with Crippen LogP contribution in [0.15, 0.2) is 114 Å². The number of amides is 2. The molecule has 5 rings (SSSR count). The molecule has 0 aromatic heterocycles. The topological polar surface area (TPSA) is 86.8 Å². The van der Waals surface area contributed by atoms with Crippen LogP contribution in [-0.2, 0) is 39.0 Å². The summed E-state index contributed by atoms with van der Waals surface area (Å²) in [6, 6.07) is 31.3. The zero-order chi connectivity index (χ0) is 33.2. The molecule has 47 heavy (non-hydrogen) atoms. The average molecular weight is 672 g/mol. The van der Waals surface area contributed by atoms with Crippen molar-refractivity contribution in [1.29, 1.82) is 0 Å². The third kappa shape index (κ3) is 8.82. The fourth-order valence-electron chi connectivity index (χ4n) is 6.22. The summed E-state index contributed by atoms with van der Waals surface area (Å²) in [5.41, 5.74) is 2.85. The number of anilines is 1. The van der Waals surface area contributed by atoms with E-state index in [9.17, 15) is 18.0 Å². The average Bonchev–Trinajstić information content (AvgIpc) is 3.10. The van der Waals surface area contributed by atoms with Crippen molar-refractivity contribution in [1.82, 2.24) is 10.2 Å². The lowest BCUT2D eigenvalue weighted by molar-refractivity contribution is -0.140. The van der Waals surface area contributed by atoms with Gasteiger partial charge in [-0.05, 0) is 66.3 Å². The molecule has 0 saturated heterocycles. The zero-order valence-corrected chi connectivity index (χ0v) is 28.3. The lowest BCUT2D eigenvalue weighted by atomic mass is 9.94. The number of carbonyl (C=O) groups excluding carboxylic acids is 2. The monoisotopic (exact) mass is 671 g/mol. The van der Waals surface area contributed by atoms with Crippen LogP contribution in [0.2, 0.25) is 5.02 Å². The highest BCUT2D eigenvalue weighted by Gasteiger charge is 2.36. The molecule has 4 aromatic rings. The number of sulfonamides is 1. The van der Waals surface area contributed by atoms with Crippen LogP contribution in [0.5, 0.6) is 0 Å². The fraction of sp³-hybridized carbons (Fsp3) is 0.316. The van der Waals surface area contributed by atoms with E-state index < -0.39 is 28.5 Å². The van der Waals surface area contributed by atoms with E-state index in [2.05, 4.69) is 5.32 Å². The Bertz CT molecular complexity index is 1750. The first-order chi connectivity index (χ1) is 22.8. The van der Waals surface area contributed by atoms with Crippen molar-refractivity contribution in [2.45, 2.75) is 75.4 Å². The van der Waals surface area contributed by atoms with E-state index in [4.69, 9.17) is 11.6 Å². The molecule has 1 atom stereocenters. The summed E-state index contributed by atoms with van der Waals surface area (Å²) in [6.45, 7) is 1.53. The molecule has 0 unspecified atom stereocenters. The Hall–Kier alpha value is -4.14. The number of hydrogen-bond donors (Lipinski definition) is 1. The number of carbonyl (C=O) groups is 2. The van der Waals surface area contributed by atoms with Gasteiger partial charge >= 0.3 is 0 Å². The van der Waals surface area contributed by atoms with Gasteiger partial charge in [0.25, 0.3) is 10.0 Å². The predicted octanol–water partition coefficient (Wildman–Crippen LogP) is 7.19. The number of benzene rings is 4. The molecule has 1 fully saturated rings. The minimum atomic E-state index is -4.16. The van der Waals surface area contributed by atoms with E-state index in [0.29, 0.717) is 17.1 Å². The first-order valence-electron chi connectivity index (χ1n) is 16.3. The highest BCUT2D eigenvalue weighted by Crippen LogP contribution is 2.29. The second-order valence-electron chi connectivity index (χ2n) is 12.0. The first-order valence-corrected chi connectivity index (χ1v) is 18.1. The molecule has 2 amide bonds. The molecule has 7 nitrogen and oxygen atoms in total. The molecule has 1 N–H and O–H groups in total. The molecule has 1 aliphatic rings. The van der Waals surface area contributed by atoms with Crippen LogP contribution in [0.25, 0.3) is 0 Å². The van der Waals surface area contributed by atoms with Crippen LogP contribution >= 0.6 is 11.6 Å². The zero-order valence-electron chi connectivity index (χ0n) is 26.7. The van der Waals surface area contributed by atoms with Crippen molar-refractivity contribution in [2.75, 3.05) is 10.8 Å². The lowest BCUT2D eigenvalue weighted by Gasteiger charge is -2.35. The van der Waals surface area contributed by atoms with Gasteiger partial charge in [0.1, 0.15) is 12.6 Å². The molecule has 9 heteroatoms. The molecular weight excluding hydrogens is 630 g/mol. The SMILES string of the molecule is CCc1ccccc1N(CC(=O)N(Cc1cccc(Cl)c1)[C@H](Cc1ccccc1)C(=O)NC1CCCCC1)S(=O)(=O)c1ccccc1. The molecule has 0 heterocycles. The molecule has 4 aromatic carbocycles. The van der Waals surface area contributed by atoms with Gasteiger partial charge in [-0.2, -0.15) is 0 Å². The molecule has 1 saturated carbocycles. The number of nitrogens with one attached hydrogen (secondary N) is 1. The van der Waals surface area contributed by atoms with E-state index in [1.165, 1.54) is 21.3 Å². The maximum Gasteiger partial charge on any atom is 0.264 e. The highest BCUT2D eigenvalue weighted by atomic mass is 35.5. The maximum atomic E-state index is 14.7. The Labute approximate surface area is 283 Å². The second-order valence-corrected chi connectivity index (χ2v) is 14.3. The molecule has 0 bridgehead atoms. The Morgan fingerprint density at radius 1 is 0.830 bits per heavy atom. The third-order valence-corrected chi connectivity index (χ3v) is 10.7. The van der Waals surface area contributed by atoms with E-state index in [1.807, 2.05) is 55.5 Å². The van der Waals surface area contributed by atoms with Crippen molar-refractivity contribution in [3.8, 4) is 0 Å². The molecule has 0 spiro atoms. The molecule has 0 aliphatic heterocycles. The van der Waals surface area contributed by atoms with E-state index >= 15 is 0 Å². The predicted molar refractivity (Wildman–Crippen MR) is 188 cm³/mol. The third-order valence-electron chi connectivity index (χ3n) is 8.72. The standard InChI is InChI=1S/C38H42ClN3O4S/c1-2-31-18-12-13-24-35(31)42(47(45,46)34-22-10-5-11-23-34)28-37(43)41(27-30-17-14-19-32(39)25-30)36(26-29-15-6-3-7-16-29)38(44)40-33-20-8-4-9-21-33/h3,5-7,10-19,22-25,33,36H,2,4,8-9,20-21,26-28H2,1H3,(H,40,44)/t36-/m1/s1. The second kappa shape index (κ2) is 16.1. The van der Waals surface area contributed by atoms with Gasteiger partial charge in [0.05, 0.1) is 10.6 Å². The van der Waals surface area contributed by atoms with Gasteiger partial charge in [-0.3, -0.25) is 13.9 Å². The quantitative estimate of drug-likeness (QED) is 0.163. The van der Waals surface area contributed by atoms with Crippen molar-refractivity contribution >= 4 is 39.1 Å². The van der Waals surface area contributed by atoms with Gasteiger partial charge in [-0.15, -0.1) is 0 Å². The van der Waals surface area contributed by atoms with Crippen molar-refractivity contribution in [3.05, 3.63) is 131 Å². The van der Waals surface area contributed by atoms with Crippen molar-refractivity contribution in [3.63, 3.8) is 0 Å². The van der Waals surface area contributed by atoms with Gasteiger partial charge in [0.15, 0.2) is 0 Å². The first kappa shape index (κ1) is 34.2. The number of aryl methyl sites for hydroxylation is 1. The number of nitrogens with zero attached hydrogens (tertiary/aromatic N) is 2. The summed E-state index contributed by atoms with van der Waals surface area (Å²) in [4.78, 5) is 30.6. The molecule has 246 valence electrons. The Balaban J connectivity index is 1.58. The molecule has 0 radical (unpaired) electrons. The van der Waals surface area contributed by atoms with Gasteiger partial charge in [0, 0.05) is 24.0 Å². The smallest absolute Gasteiger partial charge is 0.264 e. The van der Waals surface area contributed by atoms with E-state index in [0.717, 1.165) is 48.8 Å². The van der Waals surface area contributed by atoms with E-state index in [1.54, 1.807) is 48.5 Å². The van der Waals surface area contributed by atoms with Crippen LogP contribution in [0.3, 0.4) is 0 Å². The van der Waals surface area contributed by atoms with Crippen LogP contribution in [0.4, 0.5) is 5.69 Å². The summed E-state index contributed by atoms with van der Waals surface area (Å²) in [7, 11) is -4.16. The minimum absolute atomic E-state index is 0.0315. The lowest BCUT2D eigenvalue weighted by Crippen LogP contribution is -2.55. The number of para-hydroxylation sites is 1. The van der Waals surface area contributed by atoms with Gasteiger partial charge < -0.3 is 10.2 Å². The van der Waals surface area contributed by atoms with Crippen LogP contribution in [0.1, 0.15) is 55.7 Å². The maximum absolute atomic E-state index is 14.7. The number of halogens is 1. The number of hydrogen-bond acceptors (Lipinski definition) is 4. The van der Waals surface area contributed by atoms with Crippen molar-refractivity contribution < 1.29 is 18.0 Å². The van der Waals surface area contributed by atoms with Crippen LogP contribution < -0.4 is 9.62 Å². The summed E-state index contributed by atoms with van der Waals surface area (Å²) in [6.07, 6.45) is 5.85. The fourth-order valence-corrected chi connectivity index (χ4v) is 7.90. The van der Waals surface area contributed by atoms with Crippen LogP contribution in [-0.4, -0.2) is 43.8 Å². The Morgan fingerprint density at radius 2 is 1.47 bits per heavy atom. The summed E-state index contributed by atoms with van der Waals surface area (Å²) in [5, 5.41) is 3.75. The molecular formula is C38H42ClN3O4S. The number of rotatable bonds is 13. The summed E-state index contributed by atoms with van der Waals surface area (Å²) < 4.78 is 29.7. The Kier molecular flexibility index (Phi) is 11.7. The van der Waals surface area contributed by atoms with E-state index in [-0.39, 0.29) is 29.8 Å². The normalized spacial score (nSPS) is 14.3. The van der Waals surface area contributed by atoms with Crippen LogP contribution in [0, 0.1) is 0 Å². The van der Waals surface area contributed by atoms with Gasteiger partial charge in [-0.1, -0.05) is 117 Å². The Morgan fingerprint density at radius 3 is 2.15 bits per heavy atom. The minimum Gasteiger partial charge on any atom is -0.352 e. The summed E-state index contributed by atoms with van der Waals surface area (Å²) in [5.74, 6) is -0.738. The summed E-state index contributed by atoms with van der Waals surface area (Å²) >= 11 is 6.36.